The minimum Gasteiger partial charge on any atom is -0.484 e. The Morgan fingerprint density at radius 3 is 2.59 bits per heavy atom. The van der Waals surface area contributed by atoms with Gasteiger partial charge >= 0.3 is 10.1 Å². The summed E-state index contributed by atoms with van der Waals surface area (Å²) in [5.41, 5.74) is 1.34. The zero-order chi connectivity index (χ0) is 19.3. The monoisotopic (exact) mass is 389 g/mol. The minimum absolute atomic E-state index is 0.00641. The van der Waals surface area contributed by atoms with Gasteiger partial charge in [-0.25, -0.2) is 0 Å². The van der Waals surface area contributed by atoms with Crippen molar-refractivity contribution in [2.45, 2.75) is 58.5 Å². The van der Waals surface area contributed by atoms with Crippen molar-refractivity contribution in [1.82, 2.24) is 0 Å². The molecule has 0 bridgehead atoms. The van der Waals surface area contributed by atoms with Crippen molar-refractivity contribution in [3.05, 3.63) is 42.0 Å². The van der Waals surface area contributed by atoms with Crippen LogP contribution in [0.5, 0.6) is 5.75 Å². The summed E-state index contributed by atoms with van der Waals surface area (Å²) in [5.74, 6) is 0.699. The zero-order valence-electron chi connectivity index (χ0n) is 16.0. The molecule has 0 amide bonds. The number of rotatable bonds is 9. The summed E-state index contributed by atoms with van der Waals surface area (Å²) in [6.45, 7) is 4.00. The molecule has 2 aromatic carbocycles. The van der Waals surface area contributed by atoms with Gasteiger partial charge in [0.2, 0.25) is 0 Å². The van der Waals surface area contributed by atoms with Crippen molar-refractivity contribution in [3.8, 4) is 5.75 Å². The molecule has 1 aliphatic rings. The SMILES string of the molecule is CCCCCCCCS(=O)(=O)O/N=C1/c2c(ccc3ccccc23)OC1C. The van der Waals surface area contributed by atoms with Gasteiger partial charge in [-0.1, -0.05) is 74.5 Å². The van der Waals surface area contributed by atoms with Gasteiger partial charge in [0.25, 0.3) is 0 Å². The molecular weight excluding hydrogens is 362 g/mol. The summed E-state index contributed by atoms with van der Waals surface area (Å²) < 4.78 is 35.2. The van der Waals surface area contributed by atoms with Gasteiger partial charge in [0.15, 0.2) is 0 Å². The number of oxime groups is 1. The molecular formula is C21H27NO4S. The lowest BCUT2D eigenvalue weighted by atomic mass is 10.00. The zero-order valence-corrected chi connectivity index (χ0v) is 16.8. The third kappa shape index (κ3) is 4.80. The molecule has 2 aromatic rings. The molecule has 0 N–H and O–H groups in total. The van der Waals surface area contributed by atoms with Crippen molar-refractivity contribution in [2.75, 3.05) is 5.75 Å². The second-order valence-corrected chi connectivity index (χ2v) is 8.67. The van der Waals surface area contributed by atoms with Gasteiger partial charge in [0.05, 0.1) is 11.3 Å². The maximum absolute atomic E-state index is 12.2. The van der Waals surface area contributed by atoms with Crippen LogP contribution in [-0.4, -0.2) is 26.0 Å². The quantitative estimate of drug-likeness (QED) is 0.445. The molecule has 0 saturated heterocycles. The first-order valence-corrected chi connectivity index (χ1v) is 11.3. The van der Waals surface area contributed by atoms with E-state index in [1.54, 1.807) is 0 Å². The Bertz CT molecular complexity index is 921. The Morgan fingerprint density at radius 2 is 1.78 bits per heavy atom. The fourth-order valence-electron chi connectivity index (χ4n) is 3.38. The van der Waals surface area contributed by atoms with Gasteiger partial charge in [-0.05, 0) is 30.2 Å². The molecule has 0 fully saturated rings. The predicted molar refractivity (Wildman–Crippen MR) is 109 cm³/mol. The molecule has 0 spiro atoms. The lowest BCUT2D eigenvalue weighted by Gasteiger charge is -2.06. The highest BCUT2D eigenvalue weighted by Crippen LogP contribution is 2.35. The molecule has 146 valence electrons. The lowest BCUT2D eigenvalue weighted by molar-refractivity contribution is 0.291. The smallest absolute Gasteiger partial charge is 0.328 e. The van der Waals surface area contributed by atoms with E-state index in [0.717, 1.165) is 35.6 Å². The molecule has 0 aliphatic carbocycles. The number of nitrogens with zero attached hydrogens (tertiary/aromatic N) is 1. The van der Waals surface area contributed by atoms with Crippen LogP contribution < -0.4 is 4.74 Å². The first kappa shape index (κ1) is 19.7. The average Bonchev–Trinajstić information content (AvgIpc) is 2.98. The summed E-state index contributed by atoms with van der Waals surface area (Å²) in [7, 11) is -3.68. The largest absolute Gasteiger partial charge is 0.484 e. The highest BCUT2D eigenvalue weighted by Gasteiger charge is 2.30. The lowest BCUT2D eigenvalue weighted by Crippen LogP contribution is -2.18. The van der Waals surface area contributed by atoms with E-state index in [4.69, 9.17) is 9.02 Å². The van der Waals surface area contributed by atoms with Gasteiger partial charge in [0.1, 0.15) is 17.6 Å². The summed E-state index contributed by atoms with van der Waals surface area (Å²) in [6.07, 6.45) is 5.72. The van der Waals surface area contributed by atoms with E-state index >= 15 is 0 Å². The molecule has 1 unspecified atom stereocenters. The Kier molecular flexibility index (Phi) is 6.37. The molecule has 0 radical (unpaired) electrons. The summed E-state index contributed by atoms with van der Waals surface area (Å²) in [6, 6.07) is 11.8. The molecule has 1 atom stereocenters. The van der Waals surface area contributed by atoms with E-state index in [2.05, 4.69) is 12.1 Å². The highest BCUT2D eigenvalue weighted by atomic mass is 32.2. The molecule has 3 rings (SSSR count). The third-order valence-electron chi connectivity index (χ3n) is 4.83. The van der Waals surface area contributed by atoms with Gasteiger partial charge in [-0.2, -0.15) is 8.42 Å². The number of fused-ring (bicyclic) bond motifs is 3. The van der Waals surface area contributed by atoms with Crippen molar-refractivity contribution in [1.29, 1.82) is 0 Å². The van der Waals surface area contributed by atoms with Crippen LogP contribution in [0.1, 0.15) is 57.9 Å². The summed E-state index contributed by atoms with van der Waals surface area (Å²) in [4.78, 5) is 0. The minimum atomic E-state index is -3.68. The van der Waals surface area contributed by atoms with Gasteiger partial charge in [0, 0.05) is 0 Å². The number of benzene rings is 2. The van der Waals surface area contributed by atoms with E-state index < -0.39 is 10.1 Å². The molecule has 6 heteroatoms. The van der Waals surface area contributed by atoms with Gasteiger partial charge in [-0.15, -0.1) is 0 Å². The Hall–Kier alpha value is -2.08. The van der Waals surface area contributed by atoms with Crippen LogP contribution in [0.3, 0.4) is 0 Å². The predicted octanol–water partition coefficient (Wildman–Crippen LogP) is 5.03. The number of unbranched alkanes of at least 4 members (excludes halogenated alkanes) is 5. The molecule has 5 nitrogen and oxygen atoms in total. The third-order valence-corrected chi connectivity index (χ3v) is 5.92. The van der Waals surface area contributed by atoms with Crippen LogP contribution in [0.4, 0.5) is 0 Å². The topological polar surface area (TPSA) is 65.0 Å². The van der Waals surface area contributed by atoms with Crippen LogP contribution in [0.15, 0.2) is 41.6 Å². The van der Waals surface area contributed by atoms with Crippen molar-refractivity contribution < 1.29 is 17.4 Å². The molecule has 27 heavy (non-hydrogen) atoms. The molecule has 1 heterocycles. The van der Waals surface area contributed by atoms with E-state index in [1.165, 1.54) is 12.8 Å². The number of hydrogen-bond donors (Lipinski definition) is 0. The van der Waals surface area contributed by atoms with Crippen molar-refractivity contribution in [2.24, 2.45) is 5.16 Å². The fourth-order valence-corrected chi connectivity index (χ4v) is 4.20. The van der Waals surface area contributed by atoms with Gasteiger partial charge in [-0.3, -0.25) is 4.28 Å². The highest BCUT2D eigenvalue weighted by molar-refractivity contribution is 7.86. The molecule has 0 saturated carbocycles. The first-order chi connectivity index (χ1) is 13.0. The second kappa shape index (κ2) is 8.74. The normalized spacial score (nSPS) is 17.9. The van der Waals surface area contributed by atoms with Crippen molar-refractivity contribution in [3.63, 3.8) is 0 Å². The standard InChI is InChI=1S/C21H27NO4S/c1-3-4-5-6-7-10-15-27(23,24)26-22-21-16(2)25-19-14-13-17-11-8-9-12-18(17)20(19)21/h8-9,11-14,16H,3-7,10,15H2,1-2H3/b22-21+. The Balaban J connectivity index is 1.70. The maximum atomic E-state index is 12.2. The maximum Gasteiger partial charge on any atom is 0.328 e. The van der Waals surface area contributed by atoms with Crippen LogP contribution in [0.25, 0.3) is 10.8 Å². The van der Waals surface area contributed by atoms with Crippen LogP contribution >= 0.6 is 0 Å². The van der Waals surface area contributed by atoms with E-state index in [0.29, 0.717) is 17.9 Å². The summed E-state index contributed by atoms with van der Waals surface area (Å²) >= 11 is 0. The second-order valence-electron chi connectivity index (χ2n) is 7.00. The Labute approximate surface area is 161 Å². The number of ether oxygens (including phenoxy) is 1. The molecule has 1 aliphatic heterocycles. The molecule has 0 aromatic heterocycles. The van der Waals surface area contributed by atoms with E-state index in [1.807, 2.05) is 43.3 Å². The fraction of sp³-hybridized carbons (Fsp3) is 0.476. The summed E-state index contributed by atoms with van der Waals surface area (Å²) in [5, 5.41) is 6.03. The van der Waals surface area contributed by atoms with Crippen LogP contribution in [0, 0.1) is 0 Å². The first-order valence-electron chi connectivity index (χ1n) is 9.70. The van der Waals surface area contributed by atoms with Crippen LogP contribution in [0.2, 0.25) is 0 Å². The van der Waals surface area contributed by atoms with Crippen molar-refractivity contribution >= 4 is 26.6 Å². The van der Waals surface area contributed by atoms with Crippen LogP contribution in [-0.2, 0) is 14.4 Å². The van der Waals surface area contributed by atoms with Gasteiger partial charge < -0.3 is 4.74 Å². The Morgan fingerprint density at radius 1 is 1.04 bits per heavy atom. The number of hydrogen-bond acceptors (Lipinski definition) is 5. The van der Waals surface area contributed by atoms with E-state index in [9.17, 15) is 8.42 Å². The van der Waals surface area contributed by atoms with E-state index in [-0.39, 0.29) is 11.9 Å². The average molecular weight is 390 g/mol.